The molecule has 0 fully saturated rings. The van der Waals surface area contributed by atoms with Crippen molar-refractivity contribution in [2.45, 2.75) is 26.8 Å². The van der Waals surface area contributed by atoms with Gasteiger partial charge in [-0.3, -0.25) is 4.79 Å². The van der Waals surface area contributed by atoms with E-state index in [-0.39, 0.29) is 18.6 Å². The zero-order valence-corrected chi connectivity index (χ0v) is 13.4. The lowest BCUT2D eigenvalue weighted by Crippen LogP contribution is -2.38. The summed E-state index contributed by atoms with van der Waals surface area (Å²) in [4.78, 5) is 23.4. The zero-order chi connectivity index (χ0) is 15.3. The summed E-state index contributed by atoms with van der Waals surface area (Å²) in [5.74, 6) is -0.567. The van der Waals surface area contributed by atoms with E-state index >= 15 is 0 Å². The molecule has 0 saturated heterocycles. The van der Waals surface area contributed by atoms with Crippen molar-refractivity contribution in [2.24, 2.45) is 5.92 Å². The maximum absolute atomic E-state index is 11.8. The molecule has 1 aromatic carbocycles. The van der Waals surface area contributed by atoms with Crippen molar-refractivity contribution in [3.05, 3.63) is 28.2 Å². The summed E-state index contributed by atoms with van der Waals surface area (Å²) < 4.78 is 5.65. The highest BCUT2D eigenvalue weighted by Crippen LogP contribution is 2.20. The zero-order valence-electron chi connectivity index (χ0n) is 11.8. The van der Waals surface area contributed by atoms with E-state index in [1.807, 2.05) is 20.8 Å². The second-order valence-corrected chi connectivity index (χ2v) is 5.77. The Hall–Kier alpha value is -1.56. The molecule has 0 aliphatic carbocycles. The van der Waals surface area contributed by atoms with Crippen molar-refractivity contribution in [1.82, 2.24) is 5.32 Å². The molecule has 1 aromatic rings. The number of carbonyl (C=O) groups excluding carboxylic acids is 2. The molecule has 0 aliphatic rings. The van der Waals surface area contributed by atoms with Gasteiger partial charge < -0.3 is 15.8 Å². The smallest absolute Gasteiger partial charge is 0.338 e. The van der Waals surface area contributed by atoms with Gasteiger partial charge in [-0.25, -0.2) is 4.79 Å². The standard InChI is InChI=1S/C14H19BrN2O3/c1-8(2)9(3)17-13(18)7-20-14(19)10-4-5-11(15)12(16)6-10/h4-6,8-9H,7,16H2,1-3H3,(H,17,18). The molecular formula is C14H19BrN2O3. The van der Waals surface area contributed by atoms with Crippen molar-refractivity contribution in [3.8, 4) is 0 Å². The molecule has 1 rings (SSSR count). The number of ether oxygens (including phenoxy) is 1. The third kappa shape index (κ3) is 4.85. The van der Waals surface area contributed by atoms with E-state index in [4.69, 9.17) is 10.5 Å². The fourth-order valence-electron chi connectivity index (χ4n) is 1.35. The normalized spacial score (nSPS) is 12.1. The molecule has 1 unspecified atom stereocenters. The van der Waals surface area contributed by atoms with E-state index in [1.165, 1.54) is 6.07 Å². The summed E-state index contributed by atoms with van der Waals surface area (Å²) in [6.45, 7) is 5.61. The molecule has 1 amide bonds. The van der Waals surface area contributed by atoms with Gasteiger partial charge in [0.2, 0.25) is 0 Å². The predicted octanol–water partition coefficient (Wildman–Crippen LogP) is 2.35. The number of hydrogen-bond donors (Lipinski definition) is 2. The van der Waals surface area contributed by atoms with E-state index in [0.717, 1.165) is 0 Å². The Balaban J connectivity index is 2.51. The van der Waals surface area contributed by atoms with Gasteiger partial charge in [-0.15, -0.1) is 0 Å². The van der Waals surface area contributed by atoms with Crippen LogP contribution < -0.4 is 11.1 Å². The van der Waals surface area contributed by atoms with Gasteiger partial charge in [-0.2, -0.15) is 0 Å². The summed E-state index contributed by atoms with van der Waals surface area (Å²) in [5, 5.41) is 2.76. The van der Waals surface area contributed by atoms with Crippen LogP contribution in [-0.4, -0.2) is 24.5 Å². The Bertz CT molecular complexity index is 503. The maximum atomic E-state index is 11.8. The summed E-state index contributed by atoms with van der Waals surface area (Å²) >= 11 is 3.24. The largest absolute Gasteiger partial charge is 0.452 e. The molecule has 3 N–H and O–H groups in total. The van der Waals surface area contributed by atoms with Crippen LogP contribution in [0.25, 0.3) is 0 Å². The number of esters is 1. The minimum Gasteiger partial charge on any atom is -0.452 e. The first-order chi connectivity index (χ1) is 9.31. The summed E-state index contributed by atoms with van der Waals surface area (Å²) in [5.41, 5.74) is 6.44. The van der Waals surface area contributed by atoms with Crippen LogP contribution in [-0.2, 0) is 9.53 Å². The fraction of sp³-hybridized carbons (Fsp3) is 0.429. The van der Waals surface area contributed by atoms with Crippen molar-refractivity contribution in [3.63, 3.8) is 0 Å². The lowest BCUT2D eigenvalue weighted by Gasteiger charge is -2.17. The predicted molar refractivity (Wildman–Crippen MR) is 81.3 cm³/mol. The lowest BCUT2D eigenvalue weighted by atomic mass is 10.1. The van der Waals surface area contributed by atoms with Crippen LogP contribution >= 0.6 is 15.9 Å². The van der Waals surface area contributed by atoms with Crippen LogP contribution in [0.1, 0.15) is 31.1 Å². The molecule has 0 saturated carbocycles. The number of halogens is 1. The molecule has 5 nitrogen and oxygen atoms in total. The SMILES string of the molecule is CC(C)C(C)NC(=O)COC(=O)c1ccc(Br)c(N)c1. The number of anilines is 1. The van der Waals surface area contributed by atoms with Gasteiger partial charge in [0.15, 0.2) is 6.61 Å². The van der Waals surface area contributed by atoms with Gasteiger partial charge in [0.25, 0.3) is 5.91 Å². The summed E-state index contributed by atoms with van der Waals surface area (Å²) in [6, 6.07) is 4.77. The second-order valence-electron chi connectivity index (χ2n) is 4.91. The Kier molecular flexibility index (Phi) is 6.01. The van der Waals surface area contributed by atoms with Gasteiger partial charge >= 0.3 is 5.97 Å². The molecule has 110 valence electrons. The molecule has 20 heavy (non-hydrogen) atoms. The molecule has 0 radical (unpaired) electrons. The van der Waals surface area contributed by atoms with Crippen LogP contribution in [0, 0.1) is 5.92 Å². The van der Waals surface area contributed by atoms with Crippen molar-refractivity contribution >= 4 is 33.5 Å². The number of amides is 1. The number of rotatable bonds is 5. The highest BCUT2D eigenvalue weighted by atomic mass is 79.9. The number of nitrogen functional groups attached to an aromatic ring is 1. The number of nitrogens with two attached hydrogens (primary N) is 1. The van der Waals surface area contributed by atoms with Crippen molar-refractivity contribution in [1.29, 1.82) is 0 Å². The van der Waals surface area contributed by atoms with Gasteiger partial charge in [-0.05, 0) is 47.0 Å². The lowest BCUT2D eigenvalue weighted by molar-refractivity contribution is -0.125. The van der Waals surface area contributed by atoms with Gasteiger partial charge in [0.1, 0.15) is 0 Å². The van der Waals surface area contributed by atoms with E-state index in [0.29, 0.717) is 21.6 Å². The first kappa shape index (κ1) is 16.5. The third-order valence-electron chi connectivity index (χ3n) is 2.95. The van der Waals surface area contributed by atoms with Crippen LogP contribution in [0.5, 0.6) is 0 Å². The van der Waals surface area contributed by atoms with Crippen LogP contribution in [0.15, 0.2) is 22.7 Å². The minimum atomic E-state index is -0.573. The van der Waals surface area contributed by atoms with Crippen LogP contribution in [0.3, 0.4) is 0 Å². The molecule has 0 bridgehead atoms. The van der Waals surface area contributed by atoms with E-state index in [2.05, 4.69) is 21.2 Å². The van der Waals surface area contributed by atoms with Gasteiger partial charge in [-0.1, -0.05) is 13.8 Å². The topological polar surface area (TPSA) is 81.4 Å². The highest BCUT2D eigenvalue weighted by molar-refractivity contribution is 9.10. The molecule has 0 heterocycles. The van der Waals surface area contributed by atoms with E-state index < -0.39 is 5.97 Å². The number of hydrogen-bond acceptors (Lipinski definition) is 4. The minimum absolute atomic E-state index is 0.0320. The highest BCUT2D eigenvalue weighted by Gasteiger charge is 2.14. The number of nitrogens with one attached hydrogen (secondary N) is 1. The van der Waals surface area contributed by atoms with E-state index in [9.17, 15) is 9.59 Å². The number of benzene rings is 1. The number of carbonyl (C=O) groups is 2. The Labute approximate surface area is 127 Å². The Morgan fingerprint density at radius 2 is 2.00 bits per heavy atom. The summed E-state index contributed by atoms with van der Waals surface area (Å²) in [7, 11) is 0. The maximum Gasteiger partial charge on any atom is 0.338 e. The first-order valence-corrected chi connectivity index (χ1v) is 7.12. The van der Waals surface area contributed by atoms with Gasteiger partial charge in [0, 0.05) is 16.2 Å². The first-order valence-electron chi connectivity index (χ1n) is 6.32. The molecular weight excluding hydrogens is 324 g/mol. The molecule has 1 atom stereocenters. The monoisotopic (exact) mass is 342 g/mol. The quantitative estimate of drug-likeness (QED) is 0.635. The molecule has 0 spiro atoms. The molecule has 0 aliphatic heterocycles. The molecule has 6 heteroatoms. The van der Waals surface area contributed by atoms with E-state index in [1.54, 1.807) is 12.1 Å². The Morgan fingerprint density at radius 3 is 2.55 bits per heavy atom. The third-order valence-corrected chi connectivity index (χ3v) is 3.68. The second kappa shape index (κ2) is 7.28. The van der Waals surface area contributed by atoms with Crippen molar-refractivity contribution < 1.29 is 14.3 Å². The summed E-state index contributed by atoms with van der Waals surface area (Å²) in [6.07, 6.45) is 0. The van der Waals surface area contributed by atoms with Gasteiger partial charge in [0.05, 0.1) is 5.56 Å². The average molecular weight is 343 g/mol. The average Bonchev–Trinajstić information content (AvgIpc) is 2.39. The van der Waals surface area contributed by atoms with Crippen LogP contribution in [0.2, 0.25) is 0 Å². The van der Waals surface area contributed by atoms with Crippen LogP contribution in [0.4, 0.5) is 5.69 Å². The fourth-order valence-corrected chi connectivity index (χ4v) is 1.59. The van der Waals surface area contributed by atoms with Crippen molar-refractivity contribution in [2.75, 3.05) is 12.3 Å². The Morgan fingerprint density at radius 1 is 1.35 bits per heavy atom. The molecule has 0 aromatic heterocycles.